The molecule has 1 aliphatic rings. The minimum atomic E-state index is -3.50. The predicted molar refractivity (Wildman–Crippen MR) is 62.8 cm³/mol. The zero-order chi connectivity index (χ0) is 14.1. The Kier molecular flexibility index (Phi) is 4.02. The van der Waals surface area contributed by atoms with Crippen LogP contribution in [-0.4, -0.2) is 56.2 Å². The molecular weight excluding hydrogens is 262 g/mol. The second kappa shape index (κ2) is 4.85. The number of amides is 1. The van der Waals surface area contributed by atoms with Crippen LogP contribution in [0.1, 0.15) is 13.8 Å². The highest BCUT2D eigenvalue weighted by Crippen LogP contribution is 2.28. The molecule has 1 amide bonds. The average Bonchev–Trinajstić information content (AvgIpc) is 2.59. The number of carbonyl (C=O) groups excluding carboxylic acids is 1. The van der Waals surface area contributed by atoms with Crippen LogP contribution in [0.3, 0.4) is 0 Å². The van der Waals surface area contributed by atoms with Crippen LogP contribution in [0, 0.1) is 5.41 Å². The largest absolute Gasteiger partial charge is 0.481 e. The third-order valence-corrected chi connectivity index (χ3v) is 4.77. The maximum atomic E-state index is 11.7. The van der Waals surface area contributed by atoms with Gasteiger partial charge in [0.25, 0.3) is 0 Å². The number of hydrogen-bond donors (Lipinski definition) is 2. The molecule has 0 spiro atoms. The van der Waals surface area contributed by atoms with Gasteiger partial charge in [0.15, 0.2) is 9.84 Å². The van der Waals surface area contributed by atoms with Gasteiger partial charge in [0.1, 0.15) is 10.7 Å². The monoisotopic (exact) mass is 279 g/mol. The lowest BCUT2D eigenvalue weighted by Gasteiger charge is -2.26. The van der Waals surface area contributed by atoms with E-state index in [1.807, 2.05) is 0 Å². The Morgan fingerprint density at radius 1 is 1.50 bits per heavy atom. The van der Waals surface area contributed by atoms with Crippen molar-refractivity contribution in [1.29, 1.82) is 0 Å². The fraction of sp³-hybridized carbons (Fsp3) is 0.800. The molecule has 3 unspecified atom stereocenters. The highest BCUT2D eigenvalue weighted by atomic mass is 32.2. The minimum Gasteiger partial charge on any atom is -0.481 e. The van der Waals surface area contributed by atoms with Crippen LogP contribution in [-0.2, 0) is 24.2 Å². The third-order valence-electron chi connectivity index (χ3n) is 3.27. The van der Waals surface area contributed by atoms with Gasteiger partial charge in [-0.2, -0.15) is 0 Å². The molecule has 1 heterocycles. The summed E-state index contributed by atoms with van der Waals surface area (Å²) in [6.45, 7) is 2.77. The van der Waals surface area contributed by atoms with Gasteiger partial charge in [-0.25, -0.2) is 8.42 Å². The minimum absolute atomic E-state index is 0.0134. The van der Waals surface area contributed by atoms with Crippen molar-refractivity contribution >= 4 is 21.7 Å². The average molecular weight is 279 g/mol. The number of rotatable bonds is 4. The van der Waals surface area contributed by atoms with E-state index in [4.69, 9.17) is 9.84 Å². The predicted octanol–water partition coefficient (Wildman–Crippen LogP) is -0.975. The number of sulfone groups is 1. The SMILES string of the molecule is CC(C(=O)NC1COCC1(C)C(=O)O)S(C)(=O)=O. The van der Waals surface area contributed by atoms with Gasteiger partial charge >= 0.3 is 5.97 Å². The first kappa shape index (κ1) is 14.9. The molecule has 0 aromatic heterocycles. The quantitative estimate of drug-likeness (QED) is 0.685. The van der Waals surface area contributed by atoms with Gasteiger partial charge in [0.2, 0.25) is 5.91 Å². The van der Waals surface area contributed by atoms with Crippen molar-refractivity contribution < 1.29 is 27.9 Å². The van der Waals surface area contributed by atoms with Gasteiger partial charge in [-0.3, -0.25) is 9.59 Å². The number of nitrogens with one attached hydrogen (secondary N) is 1. The van der Waals surface area contributed by atoms with Gasteiger partial charge in [-0.05, 0) is 13.8 Å². The molecule has 2 N–H and O–H groups in total. The summed E-state index contributed by atoms with van der Waals surface area (Å²) in [4.78, 5) is 22.8. The molecule has 7 nitrogen and oxygen atoms in total. The Bertz CT molecular complexity index is 459. The molecule has 3 atom stereocenters. The van der Waals surface area contributed by atoms with Crippen molar-refractivity contribution in [3.63, 3.8) is 0 Å². The smallest absolute Gasteiger partial charge is 0.313 e. The Morgan fingerprint density at radius 3 is 2.50 bits per heavy atom. The Hall–Kier alpha value is -1.15. The molecule has 1 fully saturated rings. The van der Waals surface area contributed by atoms with E-state index in [1.54, 1.807) is 0 Å². The standard InChI is InChI=1S/C10H17NO6S/c1-6(18(3,15)16)8(12)11-7-4-17-5-10(7,2)9(13)14/h6-7H,4-5H2,1-3H3,(H,11,12)(H,13,14). The maximum absolute atomic E-state index is 11.7. The fourth-order valence-electron chi connectivity index (χ4n) is 1.57. The van der Waals surface area contributed by atoms with Crippen LogP contribution in [0.5, 0.6) is 0 Å². The number of ether oxygens (including phenoxy) is 1. The molecule has 0 aromatic rings. The van der Waals surface area contributed by atoms with E-state index in [1.165, 1.54) is 13.8 Å². The molecule has 1 saturated heterocycles. The molecule has 0 saturated carbocycles. The molecule has 0 aliphatic carbocycles. The lowest BCUT2D eigenvalue weighted by atomic mass is 9.85. The van der Waals surface area contributed by atoms with Crippen molar-refractivity contribution in [1.82, 2.24) is 5.32 Å². The van der Waals surface area contributed by atoms with E-state index in [2.05, 4.69) is 5.32 Å². The Morgan fingerprint density at radius 2 is 2.06 bits per heavy atom. The van der Waals surface area contributed by atoms with Crippen LogP contribution in [0.25, 0.3) is 0 Å². The van der Waals surface area contributed by atoms with Crippen molar-refractivity contribution in [2.75, 3.05) is 19.5 Å². The second-order valence-electron chi connectivity index (χ2n) is 4.77. The summed E-state index contributed by atoms with van der Waals surface area (Å²) in [5, 5.41) is 10.3. The summed E-state index contributed by atoms with van der Waals surface area (Å²) in [5.41, 5.74) is -1.23. The number of carbonyl (C=O) groups is 2. The van der Waals surface area contributed by atoms with Crippen LogP contribution in [0.2, 0.25) is 0 Å². The normalized spacial score (nSPS) is 29.8. The lowest BCUT2D eigenvalue weighted by Crippen LogP contribution is -2.52. The molecule has 104 valence electrons. The molecule has 8 heteroatoms. The lowest BCUT2D eigenvalue weighted by molar-refractivity contribution is -0.149. The number of aliphatic carboxylic acids is 1. The van der Waals surface area contributed by atoms with E-state index < -0.39 is 38.4 Å². The summed E-state index contributed by atoms with van der Waals surface area (Å²) in [5.74, 6) is -1.79. The highest BCUT2D eigenvalue weighted by Gasteiger charge is 2.47. The fourth-order valence-corrected chi connectivity index (χ4v) is 2.03. The summed E-state index contributed by atoms with van der Waals surface area (Å²) >= 11 is 0. The van der Waals surface area contributed by atoms with Gasteiger partial charge in [-0.1, -0.05) is 0 Å². The number of hydrogen-bond acceptors (Lipinski definition) is 5. The third kappa shape index (κ3) is 2.81. The molecule has 0 radical (unpaired) electrons. The first-order valence-corrected chi connectivity index (χ1v) is 7.35. The van der Waals surface area contributed by atoms with Gasteiger partial charge in [-0.15, -0.1) is 0 Å². The van der Waals surface area contributed by atoms with Gasteiger partial charge < -0.3 is 15.2 Å². The highest BCUT2D eigenvalue weighted by molar-refractivity contribution is 7.92. The van der Waals surface area contributed by atoms with E-state index in [0.29, 0.717) is 0 Å². The van der Waals surface area contributed by atoms with Crippen molar-refractivity contribution in [2.24, 2.45) is 5.41 Å². The first-order valence-electron chi connectivity index (χ1n) is 5.39. The summed E-state index contributed by atoms with van der Waals surface area (Å²) in [7, 11) is -3.50. The van der Waals surface area contributed by atoms with Crippen molar-refractivity contribution in [2.45, 2.75) is 25.1 Å². The van der Waals surface area contributed by atoms with Gasteiger partial charge in [0.05, 0.1) is 19.3 Å². The maximum Gasteiger partial charge on any atom is 0.313 e. The van der Waals surface area contributed by atoms with E-state index in [-0.39, 0.29) is 13.2 Å². The zero-order valence-corrected chi connectivity index (χ0v) is 11.3. The van der Waals surface area contributed by atoms with Crippen LogP contribution >= 0.6 is 0 Å². The Balaban J connectivity index is 2.80. The molecule has 0 bridgehead atoms. The van der Waals surface area contributed by atoms with Gasteiger partial charge in [0, 0.05) is 6.26 Å². The Labute approximate surface area is 105 Å². The van der Waals surface area contributed by atoms with Crippen LogP contribution in [0.15, 0.2) is 0 Å². The van der Waals surface area contributed by atoms with Crippen molar-refractivity contribution in [3.8, 4) is 0 Å². The molecular formula is C10H17NO6S. The van der Waals surface area contributed by atoms with Crippen LogP contribution < -0.4 is 5.32 Å². The number of carboxylic acids is 1. The zero-order valence-electron chi connectivity index (χ0n) is 10.5. The van der Waals surface area contributed by atoms with E-state index in [9.17, 15) is 18.0 Å². The van der Waals surface area contributed by atoms with E-state index >= 15 is 0 Å². The molecule has 18 heavy (non-hydrogen) atoms. The number of carboxylic acid groups (broad SMARTS) is 1. The summed E-state index contributed by atoms with van der Waals surface area (Å²) in [6, 6.07) is -0.730. The summed E-state index contributed by atoms with van der Waals surface area (Å²) in [6.07, 6.45) is 0.957. The van der Waals surface area contributed by atoms with E-state index in [0.717, 1.165) is 6.26 Å². The topological polar surface area (TPSA) is 110 Å². The van der Waals surface area contributed by atoms with Crippen LogP contribution in [0.4, 0.5) is 0 Å². The summed E-state index contributed by atoms with van der Waals surface area (Å²) < 4.78 is 27.5. The van der Waals surface area contributed by atoms with Crippen molar-refractivity contribution in [3.05, 3.63) is 0 Å². The molecule has 1 rings (SSSR count). The second-order valence-corrected chi connectivity index (χ2v) is 7.14. The molecule has 0 aromatic carbocycles. The molecule has 1 aliphatic heterocycles. The first-order chi connectivity index (χ1) is 8.09.